The van der Waals surface area contributed by atoms with E-state index in [-0.39, 0.29) is 0 Å². The lowest BCUT2D eigenvalue weighted by Gasteiger charge is -2.12. The fraction of sp³-hybridized carbons (Fsp3) is 0.250. The molecule has 1 N–H and O–H groups in total. The van der Waals surface area contributed by atoms with Gasteiger partial charge in [-0.2, -0.15) is 0 Å². The first-order valence-electron chi connectivity index (χ1n) is 6.45. The van der Waals surface area contributed by atoms with Gasteiger partial charge in [0.1, 0.15) is 11.9 Å². The minimum absolute atomic E-state index is 0.326. The van der Waals surface area contributed by atoms with Crippen LogP contribution in [0.5, 0.6) is 5.75 Å². The lowest BCUT2D eigenvalue weighted by Crippen LogP contribution is -2.19. The Hall–Kier alpha value is -1.80. The lowest BCUT2D eigenvalue weighted by atomic mass is 10.1. The van der Waals surface area contributed by atoms with Gasteiger partial charge in [0, 0.05) is 6.54 Å². The van der Waals surface area contributed by atoms with Crippen LogP contribution in [0.3, 0.4) is 0 Å². The molecule has 0 radical (unpaired) electrons. The molecular formula is C16H17NO. The Morgan fingerprint density at radius 3 is 2.28 bits per heavy atom. The van der Waals surface area contributed by atoms with Gasteiger partial charge in [0.05, 0.1) is 0 Å². The molecule has 0 aromatic heterocycles. The number of ether oxygens (including phenoxy) is 1. The van der Waals surface area contributed by atoms with Crippen molar-refractivity contribution in [3.8, 4) is 16.9 Å². The lowest BCUT2D eigenvalue weighted by molar-refractivity contribution is 0.223. The molecule has 1 saturated heterocycles. The highest BCUT2D eigenvalue weighted by Gasteiger charge is 2.15. The van der Waals surface area contributed by atoms with Crippen molar-refractivity contribution in [2.45, 2.75) is 12.5 Å². The van der Waals surface area contributed by atoms with E-state index in [2.05, 4.69) is 53.8 Å². The molecule has 3 rings (SSSR count). The molecule has 0 bridgehead atoms. The summed E-state index contributed by atoms with van der Waals surface area (Å²) in [5.74, 6) is 0.961. The van der Waals surface area contributed by atoms with Crippen molar-refractivity contribution < 1.29 is 4.74 Å². The van der Waals surface area contributed by atoms with Crippen molar-refractivity contribution in [1.29, 1.82) is 0 Å². The van der Waals surface area contributed by atoms with E-state index in [1.54, 1.807) is 0 Å². The molecule has 2 heteroatoms. The smallest absolute Gasteiger partial charge is 0.119 e. The zero-order valence-corrected chi connectivity index (χ0v) is 10.3. The molecule has 1 atom stereocenters. The predicted octanol–water partition coefficient (Wildman–Crippen LogP) is 3.09. The van der Waals surface area contributed by atoms with Gasteiger partial charge in [-0.15, -0.1) is 0 Å². The van der Waals surface area contributed by atoms with Crippen LogP contribution in [0.1, 0.15) is 6.42 Å². The van der Waals surface area contributed by atoms with Crippen LogP contribution in [0.15, 0.2) is 54.6 Å². The second-order valence-corrected chi connectivity index (χ2v) is 4.62. The number of hydrogen-bond donors (Lipinski definition) is 1. The monoisotopic (exact) mass is 239 g/mol. The second-order valence-electron chi connectivity index (χ2n) is 4.62. The average molecular weight is 239 g/mol. The van der Waals surface area contributed by atoms with E-state index >= 15 is 0 Å². The third kappa shape index (κ3) is 2.54. The van der Waals surface area contributed by atoms with Crippen molar-refractivity contribution in [3.63, 3.8) is 0 Å². The minimum Gasteiger partial charge on any atom is -0.489 e. The SMILES string of the molecule is c1ccc(-c2ccc(OC3CCNC3)cc2)cc1. The van der Waals surface area contributed by atoms with Gasteiger partial charge < -0.3 is 10.1 Å². The van der Waals surface area contributed by atoms with E-state index in [4.69, 9.17) is 4.74 Å². The van der Waals surface area contributed by atoms with E-state index in [1.165, 1.54) is 11.1 Å². The van der Waals surface area contributed by atoms with E-state index in [0.29, 0.717) is 6.10 Å². The van der Waals surface area contributed by atoms with Crippen LogP contribution in [-0.2, 0) is 0 Å². The van der Waals surface area contributed by atoms with Gasteiger partial charge in [-0.1, -0.05) is 42.5 Å². The molecule has 2 aromatic carbocycles. The van der Waals surface area contributed by atoms with Crippen molar-refractivity contribution in [1.82, 2.24) is 5.32 Å². The molecule has 92 valence electrons. The largest absolute Gasteiger partial charge is 0.489 e. The first-order chi connectivity index (χ1) is 8.92. The molecule has 1 aliphatic heterocycles. The molecule has 2 nitrogen and oxygen atoms in total. The van der Waals surface area contributed by atoms with Crippen LogP contribution in [-0.4, -0.2) is 19.2 Å². The number of benzene rings is 2. The topological polar surface area (TPSA) is 21.3 Å². The molecule has 2 aromatic rings. The minimum atomic E-state index is 0.326. The van der Waals surface area contributed by atoms with Crippen molar-refractivity contribution >= 4 is 0 Å². The molecule has 0 spiro atoms. The summed E-state index contributed by atoms with van der Waals surface area (Å²) in [5, 5.41) is 3.30. The molecule has 18 heavy (non-hydrogen) atoms. The van der Waals surface area contributed by atoms with E-state index in [9.17, 15) is 0 Å². The van der Waals surface area contributed by atoms with Crippen LogP contribution < -0.4 is 10.1 Å². The Kier molecular flexibility index (Phi) is 3.29. The highest BCUT2D eigenvalue weighted by molar-refractivity contribution is 5.63. The Morgan fingerprint density at radius 2 is 1.61 bits per heavy atom. The fourth-order valence-electron chi connectivity index (χ4n) is 2.28. The quantitative estimate of drug-likeness (QED) is 0.888. The Balaban J connectivity index is 1.72. The molecule has 1 heterocycles. The second kappa shape index (κ2) is 5.23. The maximum absolute atomic E-state index is 5.90. The highest BCUT2D eigenvalue weighted by Crippen LogP contribution is 2.23. The van der Waals surface area contributed by atoms with Crippen LogP contribution in [0, 0.1) is 0 Å². The maximum Gasteiger partial charge on any atom is 0.119 e. The van der Waals surface area contributed by atoms with Gasteiger partial charge in [0.15, 0.2) is 0 Å². The number of nitrogens with one attached hydrogen (secondary N) is 1. The Labute approximate surface area is 108 Å². The Bertz CT molecular complexity index is 486. The number of hydrogen-bond acceptors (Lipinski definition) is 2. The van der Waals surface area contributed by atoms with Crippen molar-refractivity contribution in [2.75, 3.05) is 13.1 Å². The zero-order chi connectivity index (χ0) is 12.2. The van der Waals surface area contributed by atoms with Crippen LogP contribution in [0.25, 0.3) is 11.1 Å². The van der Waals surface area contributed by atoms with Gasteiger partial charge in [-0.3, -0.25) is 0 Å². The molecular weight excluding hydrogens is 222 g/mol. The van der Waals surface area contributed by atoms with Crippen LogP contribution in [0.2, 0.25) is 0 Å². The predicted molar refractivity (Wildman–Crippen MR) is 73.8 cm³/mol. The molecule has 1 unspecified atom stereocenters. The van der Waals surface area contributed by atoms with Gasteiger partial charge in [-0.25, -0.2) is 0 Å². The molecule has 1 aliphatic rings. The summed E-state index contributed by atoms with van der Waals surface area (Å²) in [6.45, 7) is 2.02. The van der Waals surface area contributed by atoms with E-state index in [0.717, 1.165) is 25.3 Å². The third-order valence-corrected chi connectivity index (χ3v) is 3.28. The fourth-order valence-corrected chi connectivity index (χ4v) is 2.28. The molecule has 0 amide bonds. The molecule has 0 saturated carbocycles. The normalized spacial score (nSPS) is 18.8. The third-order valence-electron chi connectivity index (χ3n) is 3.28. The summed E-state index contributed by atoms with van der Waals surface area (Å²) in [4.78, 5) is 0. The average Bonchev–Trinajstić information content (AvgIpc) is 2.94. The van der Waals surface area contributed by atoms with Crippen molar-refractivity contribution in [3.05, 3.63) is 54.6 Å². The molecule has 0 aliphatic carbocycles. The first-order valence-corrected chi connectivity index (χ1v) is 6.45. The summed E-state index contributed by atoms with van der Waals surface area (Å²) in [7, 11) is 0. The van der Waals surface area contributed by atoms with Gasteiger partial charge in [0.25, 0.3) is 0 Å². The van der Waals surface area contributed by atoms with Gasteiger partial charge in [-0.05, 0) is 36.2 Å². The van der Waals surface area contributed by atoms with E-state index in [1.807, 2.05) is 6.07 Å². The maximum atomic E-state index is 5.90. The molecule has 1 fully saturated rings. The van der Waals surface area contributed by atoms with Gasteiger partial charge >= 0.3 is 0 Å². The summed E-state index contributed by atoms with van der Waals surface area (Å²) in [6.07, 6.45) is 1.42. The van der Waals surface area contributed by atoms with Crippen molar-refractivity contribution in [2.24, 2.45) is 0 Å². The Morgan fingerprint density at radius 1 is 0.889 bits per heavy atom. The zero-order valence-electron chi connectivity index (χ0n) is 10.3. The van der Waals surface area contributed by atoms with Crippen LogP contribution in [0.4, 0.5) is 0 Å². The number of rotatable bonds is 3. The van der Waals surface area contributed by atoms with Crippen LogP contribution >= 0.6 is 0 Å². The summed E-state index contributed by atoms with van der Waals surface area (Å²) in [5.41, 5.74) is 2.47. The standard InChI is InChI=1S/C16H17NO/c1-2-4-13(5-3-1)14-6-8-15(9-7-14)18-16-10-11-17-12-16/h1-9,16-17H,10-12H2. The summed E-state index contributed by atoms with van der Waals surface area (Å²) >= 11 is 0. The van der Waals surface area contributed by atoms with Gasteiger partial charge in [0.2, 0.25) is 0 Å². The van der Waals surface area contributed by atoms with E-state index < -0.39 is 0 Å². The summed E-state index contributed by atoms with van der Waals surface area (Å²) < 4.78 is 5.90. The summed E-state index contributed by atoms with van der Waals surface area (Å²) in [6, 6.07) is 18.7. The first kappa shape index (κ1) is 11.3. The highest BCUT2D eigenvalue weighted by atomic mass is 16.5.